The maximum absolute atomic E-state index is 3.98. The molecule has 0 bridgehead atoms. The van der Waals surface area contributed by atoms with Crippen molar-refractivity contribution in [3.05, 3.63) is 24.3 Å². The minimum absolute atomic E-state index is 0.361. The predicted molar refractivity (Wildman–Crippen MR) is 38.0 cm³/mol. The maximum Gasteiger partial charge on any atom is 0.0923 e. The Bertz CT molecular complexity index is 251. The second-order valence-corrected chi connectivity index (χ2v) is 3.29. The van der Waals surface area contributed by atoms with Crippen molar-refractivity contribution in [2.24, 2.45) is 0 Å². The van der Waals surface area contributed by atoms with Gasteiger partial charge in [-0.1, -0.05) is 5.68 Å². The lowest BCUT2D eigenvalue weighted by Gasteiger charge is -1.93. The monoisotopic (exact) mass is 134 g/mol. The molecule has 0 fully saturated rings. The van der Waals surface area contributed by atoms with Gasteiger partial charge in [0.2, 0.25) is 0 Å². The first kappa shape index (κ1) is 4.87. The van der Waals surface area contributed by atoms with Crippen molar-refractivity contribution in [2.75, 3.05) is 0 Å². The molecule has 0 amide bonds. The van der Waals surface area contributed by atoms with Crippen LogP contribution in [0.15, 0.2) is 24.3 Å². The van der Waals surface area contributed by atoms with E-state index in [-0.39, 0.29) is 0 Å². The molecule has 2 rings (SSSR count). The summed E-state index contributed by atoms with van der Waals surface area (Å²) in [5, 5.41) is 1.37. The van der Waals surface area contributed by atoms with E-state index >= 15 is 0 Å². The van der Waals surface area contributed by atoms with Crippen molar-refractivity contribution in [3.63, 3.8) is 0 Å². The van der Waals surface area contributed by atoms with Gasteiger partial charge >= 0.3 is 0 Å². The van der Waals surface area contributed by atoms with Crippen LogP contribution in [-0.4, -0.2) is 19.1 Å². The third-order valence-electron chi connectivity index (χ3n) is 1.36. The molecule has 0 aromatic rings. The second-order valence-electron chi connectivity index (χ2n) is 1.95. The van der Waals surface area contributed by atoms with Gasteiger partial charge in [-0.3, -0.25) is 0 Å². The van der Waals surface area contributed by atoms with Crippen LogP contribution in [0, 0.1) is 0 Å². The van der Waals surface area contributed by atoms with Crippen LogP contribution < -0.4 is 0 Å². The summed E-state index contributed by atoms with van der Waals surface area (Å²) in [6, 6.07) is 2.12. The Kier molecular flexibility index (Phi) is 0.958. The summed E-state index contributed by atoms with van der Waals surface area (Å²) >= 11 is 0. The number of nitrogens with zero attached hydrogens (tertiary/aromatic N) is 1. The van der Waals surface area contributed by atoms with Crippen molar-refractivity contribution < 1.29 is 0 Å². The first-order chi connectivity index (χ1) is 4.47. The lowest BCUT2D eigenvalue weighted by molar-refractivity contribution is 1.18. The molecule has 3 heteroatoms. The summed E-state index contributed by atoms with van der Waals surface area (Å²) in [7, 11) is 0.361. The number of hydrogen-bond acceptors (Lipinski definition) is 1. The number of rotatable bonds is 0. The van der Waals surface area contributed by atoms with Gasteiger partial charge < -0.3 is 4.98 Å². The Morgan fingerprint density at radius 3 is 3.44 bits per heavy atom. The highest BCUT2D eigenvalue weighted by molar-refractivity contribution is 6.40. The number of aromatic amines is 1. The van der Waals surface area contributed by atoms with Crippen LogP contribution >= 0.6 is 0 Å². The van der Waals surface area contributed by atoms with E-state index < -0.39 is 0 Å². The normalized spacial score (nSPS) is 10.2. The smallest absolute Gasteiger partial charge is 0.0923 e. The van der Waals surface area contributed by atoms with Crippen LogP contribution in [-0.2, 0) is 0 Å². The minimum Gasteiger partial charge on any atom is -0.346 e. The predicted octanol–water partition coefficient (Wildman–Crippen LogP) is 0.585. The summed E-state index contributed by atoms with van der Waals surface area (Å²) in [4.78, 5) is 7.05. The maximum atomic E-state index is 3.98. The van der Waals surface area contributed by atoms with Crippen LogP contribution in [0.3, 0.4) is 0 Å². The standard InChI is InChI=1S/C6H6N2Si/c1-2-9-6-3-7-4-8-5(1)6/h1-4,9H,(H,7,8). The number of H-pyrrole nitrogens is 1. The molecule has 0 saturated carbocycles. The van der Waals surface area contributed by atoms with Gasteiger partial charge in [0.25, 0.3) is 0 Å². The average Bonchev–Trinajstić information content (AvgIpc) is 2.33. The summed E-state index contributed by atoms with van der Waals surface area (Å²) in [6.07, 6.45) is 3.65. The molecule has 2 aliphatic rings. The van der Waals surface area contributed by atoms with Gasteiger partial charge in [0, 0.05) is 21.0 Å². The van der Waals surface area contributed by atoms with Crippen LogP contribution in [0.25, 0.3) is 10.9 Å². The van der Waals surface area contributed by atoms with Crippen molar-refractivity contribution in [2.45, 2.75) is 0 Å². The largest absolute Gasteiger partial charge is 0.346 e. The van der Waals surface area contributed by atoms with Crippen molar-refractivity contribution >= 4 is 9.12 Å². The molecule has 2 aliphatic heterocycles. The third kappa shape index (κ3) is 0.694. The van der Waals surface area contributed by atoms with E-state index in [2.05, 4.69) is 21.7 Å². The average molecular weight is 134 g/mol. The highest BCUT2D eigenvalue weighted by atomic mass is 28.2. The fourth-order valence-corrected chi connectivity index (χ4v) is 1.93. The quantitative estimate of drug-likeness (QED) is 0.525. The Hall–Kier alpha value is -0.963. The van der Waals surface area contributed by atoms with E-state index in [9.17, 15) is 0 Å². The molecule has 0 aromatic carbocycles. The highest BCUT2D eigenvalue weighted by Crippen LogP contribution is 2.11. The first-order valence-corrected chi connectivity index (χ1v) is 4.08. The molecule has 0 radical (unpaired) electrons. The van der Waals surface area contributed by atoms with Crippen molar-refractivity contribution in [1.82, 2.24) is 9.97 Å². The van der Waals surface area contributed by atoms with E-state index in [1.807, 2.05) is 6.20 Å². The third-order valence-corrected chi connectivity index (χ3v) is 2.56. The fraction of sp³-hybridized carbons (Fsp3) is 0. The van der Waals surface area contributed by atoms with Crippen LogP contribution in [0.2, 0.25) is 0 Å². The lowest BCUT2D eigenvalue weighted by Crippen LogP contribution is -1.82. The molecular formula is C6H6N2Si. The molecule has 0 spiro atoms. The van der Waals surface area contributed by atoms with E-state index in [4.69, 9.17) is 0 Å². The van der Waals surface area contributed by atoms with Gasteiger partial charge in [0.05, 0.1) is 6.33 Å². The zero-order chi connectivity index (χ0) is 6.10. The van der Waals surface area contributed by atoms with Gasteiger partial charge in [0.1, 0.15) is 0 Å². The lowest BCUT2D eigenvalue weighted by atomic mass is 10.4. The zero-order valence-corrected chi connectivity index (χ0v) is 5.99. The molecule has 0 aromatic heterocycles. The van der Waals surface area contributed by atoms with E-state index in [1.54, 1.807) is 6.33 Å². The van der Waals surface area contributed by atoms with Gasteiger partial charge in [-0.05, 0) is 11.2 Å². The van der Waals surface area contributed by atoms with E-state index in [0.29, 0.717) is 9.12 Å². The Morgan fingerprint density at radius 1 is 1.56 bits per heavy atom. The zero-order valence-electron chi connectivity index (χ0n) is 4.83. The topological polar surface area (TPSA) is 28.7 Å². The van der Waals surface area contributed by atoms with Crippen molar-refractivity contribution in [3.8, 4) is 10.9 Å². The van der Waals surface area contributed by atoms with Gasteiger partial charge in [-0.25, -0.2) is 4.98 Å². The Morgan fingerprint density at radius 2 is 2.56 bits per heavy atom. The first-order valence-electron chi connectivity index (χ1n) is 2.84. The molecule has 0 saturated heterocycles. The van der Waals surface area contributed by atoms with E-state index in [0.717, 1.165) is 0 Å². The second kappa shape index (κ2) is 1.77. The molecule has 0 atom stereocenters. The highest BCUT2D eigenvalue weighted by Gasteiger charge is 1.96. The number of nitrogens with one attached hydrogen (secondary N) is 1. The molecular weight excluding hydrogens is 128 g/mol. The molecule has 2 heterocycles. The van der Waals surface area contributed by atoms with Gasteiger partial charge in [-0.2, -0.15) is 0 Å². The molecule has 9 heavy (non-hydrogen) atoms. The van der Waals surface area contributed by atoms with Crippen LogP contribution in [0.1, 0.15) is 0 Å². The molecule has 44 valence electrons. The van der Waals surface area contributed by atoms with Gasteiger partial charge in [0.15, 0.2) is 0 Å². The Balaban J connectivity index is 2.79. The Labute approximate surface area is 55.0 Å². The molecule has 0 aliphatic carbocycles. The summed E-state index contributed by atoms with van der Waals surface area (Å²) in [6.45, 7) is 0. The summed E-state index contributed by atoms with van der Waals surface area (Å²) in [5.41, 5.74) is 3.45. The number of fused-ring (bicyclic) bond motifs is 1. The SMILES string of the molecule is c1ncc2[siH]ccc-2[nH]1. The molecule has 2 nitrogen and oxygen atoms in total. The molecule has 1 N–H and O–H groups in total. The van der Waals surface area contributed by atoms with Crippen LogP contribution in [0.5, 0.6) is 0 Å². The van der Waals surface area contributed by atoms with E-state index in [1.165, 1.54) is 10.9 Å². The summed E-state index contributed by atoms with van der Waals surface area (Å²) < 4.78 is 0. The summed E-state index contributed by atoms with van der Waals surface area (Å²) in [5.74, 6) is 0. The molecule has 0 unspecified atom stereocenters. The fourth-order valence-electron chi connectivity index (χ4n) is 0.902. The van der Waals surface area contributed by atoms with Gasteiger partial charge in [-0.15, -0.1) is 0 Å². The minimum atomic E-state index is 0.361. The number of hydrogen-bond donors (Lipinski definition) is 1. The van der Waals surface area contributed by atoms with Crippen molar-refractivity contribution in [1.29, 1.82) is 0 Å². The number of aromatic nitrogens is 2. The van der Waals surface area contributed by atoms with Crippen LogP contribution in [0.4, 0.5) is 0 Å².